The minimum Gasteiger partial charge on any atom is -0.468 e. The second kappa shape index (κ2) is 23.6. The third-order valence-corrected chi connectivity index (χ3v) is 11.6. The van der Waals surface area contributed by atoms with Gasteiger partial charge in [0.05, 0.1) is 26.3 Å². The Morgan fingerprint density at radius 2 is 0.889 bits per heavy atom. The minimum atomic E-state index is -0.776. The molecule has 22 nitrogen and oxygen atoms in total. The van der Waals surface area contributed by atoms with Crippen LogP contribution in [0.3, 0.4) is 0 Å². The summed E-state index contributed by atoms with van der Waals surface area (Å²) >= 11 is 0. The van der Waals surface area contributed by atoms with Crippen molar-refractivity contribution in [3.63, 3.8) is 0 Å². The smallest absolute Gasteiger partial charge is 0.407 e. The normalized spacial score (nSPS) is 18.0. The summed E-state index contributed by atoms with van der Waals surface area (Å²) in [5, 5.41) is 5.31. The highest BCUT2D eigenvalue weighted by molar-refractivity contribution is 5.96. The molecule has 0 spiro atoms. The molecule has 2 aromatic carbocycles. The summed E-state index contributed by atoms with van der Waals surface area (Å²) < 4.78 is 24.3. The van der Waals surface area contributed by atoms with E-state index in [0.29, 0.717) is 22.2 Å². The first kappa shape index (κ1) is 55.5. The van der Waals surface area contributed by atoms with Crippen molar-refractivity contribution in [3.05, 3.63) is 137 Å². The fraction of sp³-hybridized carbons (Fsp3) is 0.480. The van der Waals surface area contributed by atoms with Crippen molar-refractivity contribution >= 4 is 35.9 Å². The van der Waals surface area contributed by atoms with Gasteiger partial charge < -0.3 is 29.6 Å². The van der Waals surface area contributed by atoms with Gasteiger partial charge in [0.25, 0.3) is 22.9 Å². The molecule has 2 aliphatic rings. The maximum Gasteiger partial charge on any atom is 0.407 e. The minimum absolute atomic E-state index is 0.203. The Morgan fingerprint density at radius 3 is 1.19 bits per heavy atom. The van der Waals surface area contributed by atoms with E-state index in [2.05, 4.69) is 10.6 Å². The van der Waals surface area contributed by atoms with Gasteiger partial charge in [0, 0.05) is 73.9 Å². The number of carbonyl (C=O) groups excluding carboxylic acids is 6. The summed E-state index contributed by atoms with van der Waals surface area (Å²) in [5.74, 6) is -2.39. The van der Waals surface area contributed by atoms with E-state index in [0.717, 1.165) is 0 Å². The third-order valence-electron chi connectivity index (χ3n) is 11.6. The van der Waals surface area contributed by atoms with Crippen molar-refractivity contribution < 1.29 is 47.7 Å². The van der Waals surface area contributed by atoms with Gasteiger partial charge in [-0.1, -0.05) is 36.4 Å². The highest BCUT2D eigenvalue weighted by atomic mass is 16.6. The van der Waals surface area contributed by atoms with Crippen molar-refractivity contribution in [1.82, 2.24) is 38.7 Å². The lowest BCUT2D eigenvalue weighted by molar-refractivity contribution is -0.146. The lowest BCUT2D eigenvalue weighted by atomic mass is 10.1. The predicted molar refractivity (Wildman–Crippen MR) is 262 cm³/mol. The van der Waals surface area contributed by atoms with E-state index in [1.165, 1.54) is 73.9 Å². The first-order valence-corrected chi connectivity index (χ1v) is 23.3. The monoisotopic (exact) mass is 1000 g/mol. The molecule has 0 saturated carbocycles. The van der Waals surface area contributed by atoms with Crippen molar-refractivity contribution in [2.75, 3.05) is 53.5 Å². The molecule has 0 unspecified atom stereocenters. The molecule has 72 heavy (non-hydrogen) atoms. The highest BCUT2D eigenvalue weighted by Crippen LogP contribution is 2.28. The molecule has 0 aliphatic carbocycles. The lowest BCUT2D eigenvalue weighted by Crippen LogP contribution is -2.46. The second-order valence-corrected chi connectivity index (χ2v) is 19.3. The van der Waals surface area contributed by atoms with Crippen molar-refractivity contribution in [1.29, 1.82) is 0 Å². The number of likely N-dealkylation sites (tertiary alicyclic amines) is 2. The van der Waals surface area contributed by atoms with E-state index < -0.39 is 93.8 Å². The molecular weight excluding hydrogens is 937 g/mol. The standard InChI is InChI=1S/2C25H32N4O7/c2*1-16-14-28(24(34)29(20(16)30)21(31)17-9-7-6-8-10-17)18-13-19(22(32)35-5)27(15-18)12-11-26-23(33)36-25(2,3)4/h2*6-10,14,18-19H,11-13,15H2,1-5H3,(H,26,33)/t18-,19+;18-,19-/m00/s1. The first-order valence-electron chi connectivity index (χ1n) is 23.3. The summed E-state index contributed by atoms with van der Waals surface area (Å²) in [5.41, 5.74) is -3.35. The number of methoxy groups -OCH3 is 2. The van der Waals surface area contributed by atoms with Gasteiger partial charge in [-0.25, -0.2) is 19.2 Å². The molecule has 4 aromatic rings. The average Bonchev–Trinajstić information content (AvgIpc) is 3.95. The molecule has 4 heterocycles. The van der Waals surface area contributed by atoms with Crippen LogP contribution in [0, 0.1) is 13.8 Å². The lowest BCUT2D eigenvalue weighted by Gasteiger charge is -2.23. The number of benzene rings is 2. The maximum atomic E-state index is 13.3. The quantitative estimate of drug-likeness (QED) is 0.153. The van der Waals surface area contributed by atoms with Crippen LogP contribution in [0.4, 0.5) is 9.59 Å². The molecule has 0 bridgehead atoms. The first-order chi connectivity index (χ1) is 33.8. The van der Waals surface area contributed by atoms with E-state index in [1.54, 1.807) is 87.7 Å². The number of amides is 2. The van der Waals surface area contributed by atoms with Crippen LogP contribution < -0.4 is 33.1 Å². The van der Waals surface area contributed by atoms with E-state index in [4.69, 9.17) is 18.9 Å². The number of rotatable bonds is 12. The highest BCUT2D eigenvalue weighted by Gasteiger charge is 2.41. The summed E-state index contributed by atoms with van der Waals surface area (Å²) in [4.78, 5) is 131. The molecule has 0 radical (unpaired) electrons. The number of ether oxygens (including phenoxy) is 4. The molecule has 22 heteroatoms. The van der Waals surface area contributed by atoms with E-state index in [9.17, 15) is 47.9 Å². The zero-order valence-electron chi connectivity index (χ0n) is 42.3. The fourth-order valence-corrected chi connectivity index (χ4v) is 8.35. The molecule has 4 atom stereocenters. The number of aromatic nitrogens is 4. The van der Waals surface area contributed by atoms with Gasteiger partial charge in [0.1, 0.15) is 23.3 Å². The number of nitrogens with zero attached hydrogens (tertiary/aromatic N) is 6. The number of esters is 2. The zero-order valence-corrected chi connectivity index (χ0v) is 42.3. The summed E-state index contributed by atoms with van der Waals surface area (Å²) in [6, 6.07) is 13.8. The van der Waals surface area contributed by atoms with E-state index in [1.807, 2.05) is 0 Å². The van der Waals surface area contributed by atoms with Crippen LogP contribution in [-0.2, 0) is 28.5 Å². The number of hydrogen-bond acceptors (Lipinski definition) is 16. The molecule has 2 fully saturated rings. The van der Waals surface area contributed by atoms with Gasteiger partial charge in [0.15, 0.2) is 0 Å². The molecule has 2 saturated heterocycles. The van der Waals surface area contributed by atoms with Crippen LogP contribution >= 0.6 is 0 Å². The van der Waals surface area contributed by atoms with Crippen LogP contribution in [0.25, 0.3) is 0 Å². The topological polar surface area (TPSA) is 258 Å². The zero-order chi connectivity index (χ0) is 53.2. The average molecular weight is 1000 g/mol. The Labute approximate surface area is 415 Å². The van der Waals surface area contributed by atoms with Crippen molar-refractivity contribution in [2.45, 2.75) is 104 Å². The van der Waals surface area contributed by atoms with Crippen molar-refractivity contribution in [2.24, 2.45) is 0 Å². The third kappa shape index (κ3) is 13.9. The number of nitrogens with one attached hydrogen (secondary N) is 2. The van der Waals surface area contributed by atoms with Gasteiger partial charge in [-0.15, -0.1) is 0 Å². The Bertz CT molecular complexity index is 2680. The number of hydrogen-bond donors (Lipinski definition) is 2. The van der Waals surface area contributed by atoms with E-state index >= 15 is 0 Å². The molecule has 2 N–H and O–H groups in total. The summed E-state index contributed by atoms with van der Waals surface area (Å²) in [7, 11) is 2.56. The molecule has 6 rings (SSSR count). The summed E-state index contributed by atoms with van der Waals surface area (Å²) in [6.45, 7) is 15.1. The Morgan fingerprint density at radius 1 is 0.556 bits per heavy atom. The Hall–Kier alpha value is -7.46. The van der Waals surface area contributed by atoms with Crippen molar-refractivity contribution in [3.8, 4) is 0 Å². The molecule has 2 amide bonds. The van der Waals surface area contributed by atoms with Gasteiger partial charge in [-0.2, -0.15) is 9.13 Å². The molecular formula is C50H64N8O14. The van der Waals surface area contributed by atoms with Crippen LogP contribution in [0.1, 0.15) is 98.3 Å². The van der Waals surface area contributed by atoms with Gasteiger partial charge >= 0.3 is 35.5 Å². The number of carbonyl (C=O) groups is 6. The Kier molecular flexibility index (Phi) is 18.2. The van der Waals surface area contributed by atoms with Gasteiger partial charge in [0.2, 0.25) is 0 Å². The predicted octanol–water partition coefficient (Wildman–Crippen LogP) is 2.64. The fourth-order valence-electron chi connectivity index (χ4n) is 8.35. The van der Waals surface area contributed by atoms with Crippen LogP contribution in [0.15, 0.2) is 92.2 Å². The van der Waals surface area contributed by atoms with Crippen LogP contribution in [-0.4, -0.2) is 141 Å². The molecule has 388 valence electrons. The van der Waals surface area contributed by atoms with Gasteiger partial charge in [-0.05, 0) is 92.5 Å². The SMILES string of the molecule is COC(=O)[C@@H]1C[C@H](n2cc(C)c(=O)n(C(=O)c3ccccc3)c2=O)CN1CCNC(=O)OC(C)(C)C.COC(=O)[C@H]1C[C@H](n2cc(C)c(=O)n(C(=O)c3ccccc3)c2=O)CN1CCNC(=O)OC(C)(C)C. The molecule has 2 aliphatic heterocycles. The Balaban J connectivity index is 0.000000267. The number of alkyl carbamates (subject to hydrolysis) is 2. The number of aryl methyl sites for hydroxylation is 2. The largest absolute Gasteiger partial charge is 0.468 e. The van der Waals surface area contributed by atoms with Gasteiger partial charge in [-0.3, -0.25) is 47.7 Å². The summed E-state index contributed by atoms with van der Waals surface area (Å²) in [6.07, 6.45) is 2.14. The second-order valence-electron chi connectivity index (χ2n) is 19.3. The maximum absolute atomic E-state index is 13.3. The van der Waals surface area contributed by atoms with Crippen LogP contribution in [0.2, 0.25) is 0 Å². The molecule has 2 aromatic heterocycles. The van der Waals surface area contributed by atoms with Crippen LogP contribution in [0.5, 0.6) is 0 Å². The van der Waals surface area contributed by atoms with E-state index in [-0.39, 0.29) is 61.3 Å².